The van der Waals surface area contributed by atoms with Gasteiger partial charge in [-0.1, -0.05) is 42.5 Å². The Morgan fingerprint density at radius 3 is 2.48 bits per heavy atom. The summed E-state index contributed by atoms with van der Waals surface area (Å²) in [4.78, 5) is 13.9. The number of carbonyl (C=O) groups is 1. The van der Waals surface area contributed by atoms with Crippen molar-refractivity contribution in [3.8, 4) is 0 Å². The summed E-state index contributed by atoms with van der Waals surface area (Å²) in [5, 5.41) is 2.25. The van der Waals surface area contributed by atoms with Crippen LogP contribution in [-0.4, -0.2) is 5.91 Å². The quantitative estimate of drug-likeness (QED) is 0.934. The van der Waals surface area contributed by atoms with Gasteiger partial charge in [0, 0.05) is 5.70 Å². The minimum absolute atomic E-state index is 0.131. The smallest absolute Gasteiger partial charge is 0.250 e. The summed E-state index contributed by atoms with van der Waals surface area (Å²) in [6, 6.07) is 17.8. The number of thioether (sulfide) groups is 1. The number of nitrogens with two attached hydrogens (primary N) is 1. The number of rotatable bonds is 3. The van der Waals surface area contributed by atoms with E-state index in [4.69, 9.17) is 5.73 Å². The van der Waals surface area contributed by atoms with Crippen LogP contribution in [0.1, 0.15) is 28.2 Å². The van der Waals surface area contributed by atoms with Crippen molar-refractivity contribution in [3.05, 3.63) is 76.8 Å². The fourth-order valence-corrected chi connectivity index (χ4v) is 3.67. The van der Waals surface area contributed by atoms with Gasteiger partial charge in [-0.2, -0.15) is 0 Å². The highest BCUT2D eigenvalue weighted by Crippen LogP contribution is 2.45. The fourth-order valence-electron chi connectivity index (χ4n) is 2.52. The minimum Gasteiger partial charge on any atom is -0.366 e. The molecule has 1 amide bonds. The van der Waals surface area contributed by atoms with Gasteiger partial charge >= 0.3 is 0 Å². The van der Waals surface area contributed by atoms with Gasteiger partial charge in [0.05, 0.1) is 11.3 Å². The molecule has 2 aromatic carbocycles. The Hall–Kier alpha value is -2.20. The topological polar surface area (TPSA) is 46.3 Å². The van der Waals surface area contributed by atoms with Gasteiger partial charge in [0.15, 0.2) is 0 Å². The van der Waals surface area contributed by atoms with Crippen LogP contribution in [0.25, 0.3) is 0 Å². The maximum Gasteiger partial charge on any atom is 0.250 e. The number of para-hydroxylation sites is 1. The molecular weight excluding hydrogens is 280 g/mol. The summed E-state index contributed by atoms with van der Waals surface area (Å²) in [5.74, 6) is -0.401. The van der Waals surface area contributed by atoms with Crippen molar-refractivity contribution in [1.82, 2.24) is 0 Å². The van der Waals surface area contributed by atoms with Crippen molar-refractivity contribution in [2.24, 2.45) is 5.73 Å². The van der Waals surface area contributed by atoms with Crippen LogP contribution in [0, 0.1) is 0 Å². The van der Waals surface area contributed by atoms with E-state index < -0.39 is 5.91 Å². The Balaban J connectivity index is 2.07. The first-order valence-corrected chi connectivity index (χ1v) is 7.68. The number of benzene rings is 2. The number of carbonyl (C=O) groups excluding carboxylic acids is 1. The summed E-state index contributed by atoms with van der Waals surface area (Å²) in [6.45, 7) is 2.05. The highest BCUT2D eigenvalue weighted by atomic mass is 32.2. The number of hydrogen-bond acceptors (Lipinski definition) is 3. The van der Waals surface area contributed by atoms with Crippen LogP contribution in [0.5, 0.6) is 0 Å². The second-order valence-electron chi connectivity index (χ2n) is 4.91. The highest BCUT2D eigenvalue weighted by Gasteiger charge is 2.29. The van der Waals surface area contributed by atoms with Crippen LogP contribution < -0.4 is 10.6 Å². The number of nitrogens with zero attached hydrogens (tertiary/aromatic N) is 1. The number of hydrogen-bond donors (Lipinski definition) is 1. The SMILES string of the molecule is CC1=CSC(c2ccccc2)N1c1ccccc1C(N)=O. The number of allylic oxidation sites excluding steroid dienone is 1. The Morgan fingerprint density at radius 2 is 1.76 bits per heavy atom. The Morgan fingerprint density at radius 1 is 1.10 bits per heavy atom. The third kappa shape index (κ3) is 2.54. The lowest BCUT2D eigenvalue weighted by atomic mass is 10.1. The average molecular weight is 296 g/mol. The van der Waals surface area contributed by atoms with Crippen LogP contribution in [0.2, 0.25) is 0 Å². The van der Waals surface area contributed by atoms with Crippen molar-refractivity contribution in [3.63, 3.8) is 0 Å². The van der Waals surface area contributed by atoms with Crippen molar-refractivity contribution in [2.45, 2.75) is 12.3 Å². The van der Waals surface area contributed by atoms with Gasteiger partial charge in [0.25, 0.3) is 5.91 Å². The summed E-state index contributed by atoms with van der Waals surface area (Å²) < 4.78 is 0. The van der Waals surface area contributed by atoms with Crippen LogP contribution in [0.4, 0.5) is 5.69 Å². The van der Waals surface area contributed by atoms with Gasteiger partial charge in [-0.05, 0) is 30.0 Å². The third-order valence-electron chi connectivity index (χ3n) is 3.50. The molecule has 21 heavy (non-hydrogen) atoms. The van der Waals surface area contributed by atoms with Crippen molar-refractivity contribution < 1.29 is 4.79 Å². The summed E-state index contributed by atoms with van der Waals surface area (Å²) in [7, 11) is 0. The Labute approximate surface area is 128 Å². The summed E-state index contributed by atoms with van der Waals surface area (Å²) >= 11 is 1.74. The number of anilines is 1. The van der Waals surface area contributed by atoms with E-state index in [1.165, 1.54) is 5.56 Å². The van der Waals surface area contributed by atoms with E-state index in [0.717, 1.165) is 11.4 Å². The van der Waals surface area contributed by atoms with Gasteiger partial charge in [-0.25, -0.2) is 0 Å². The van der Waals surface area contributed by atoms with Gasteiger partial charge < -0.3 is 10.6 Å². The van der Waals surface area contributed by atoms with Crippen molar-refractivity contribution in [1.29, 1.82) is 0 Å². The second-order valence-corrected chi connectivity index (χ2v) is 5.86. The number of amides is 1. The third-order valence-corrected chi connectivity index (χ3v) is 4.71. The highest BCUT2D eigenvalue weighted by molar-refractivity contribution is 8.02. The molecule has 0 saturated carbocycles. The van der Waals surface area contributed by atoms with Crippen LogP contribution in [-0.2, 0) is 0 Å². The Kier molecular flexibility index (Phi) is 3.71. The molecule has 0 aromatic heterocycles. The zero-order valence-corrected chi connectivity index (χ0v) is 12.5. The van der Waals surface area contributed by atoms with E-state index in [2.05, 4.69) is 22.4 Å². The van der Waals surface area contributed by atoms with Gasteiger partial charge in [-0.3, -0.25) is 4.79 Å². The molecule has 0 aliphatic carbocycles. The molecule has 1 aliphatic rings. The normalized spacial score (nSPS) is 17.7. The van der Waals surface area contributed by atoms with Crippen LogP contribution >= 0.6 is 11.8 Å². The largest absolute Gasteiger partial charge is 0.366 e. The molecule has 1 unspecified atom stereocenters. The zero-order valence-electron chi connectivity index (χ0n) is 11.7. The molecule has 0 bridgehead atoms. The molecule has 2 aromatic rings. The summed E-state index contributed by atoms with van der Waals surface area (Å²) in [6.07, 6.45) is 0. The van der Waals surface area contributed by atoms with E-state index in [1.807, 2.05) is 43.3 Å². The molecule has 106 valence electrons. The van der Waals surface area contributed by atoms with Crippen LogP contribution in [0.3, 0.4) is 0 Å². The monoisotopic (exact) mass is 296 g/mol. The molecule has 1 aliphatic heterocycles. The maximum absolute atomic E-state index is 11.7. The Bertz CT molecular complexity index is 697. The molecule has 1 atom stereocenters. The lowest BCUT2D eigenvalue weighted by Gasteiger charge is -2.29. The van der Waals surface area contributed by atoms with Gasteiger partial charge in [0.2, 0.25) is 0 Å². The van der Waals surface area contributed by atoms with Crippen molar-refractivity contribution in [2.75, 3.05) is 4.90 Å². The van der Waals surface area contributed by atoms with Crippen molar-refractivity contribution >= 4 is 23.4 Å². The van der Waals surface area contributed by atoms with E-state index in [0.29, 0.717) is 5.56 Å². The fraction of sp³-hybridized carbons (Fsp3) is 0.118. The molecule has 0 radical (unpaired) electrons. The molecule has 0 saturated heterocycles. The first-order chi connectivity index (χ1) is 10.2. The molecule has 3 nitrogen and oxygen atoms in total. The molecule has 3 rings (SSSR count). The lowest BCUT2D eigenvalue weighted by Crippen LogP contribution is -2.24. The average Bonchev–Trinajstić information content (AvgIpc) is 2.89. The summed E-state index contributed by atoms with van der Waals surface area (Å²) in [5.41, 5.74) is 9.25. The molecule has 1 heterocycles. The molecule has 0 spiro atoms. The van der Waals surface area contributed by atoms with Gasteiger partial charge in [-0.15, -0.1) is 11.8 Å². The van der Waals surface area contributed by atoms with Crippen LogP contribution in [0.15, 0.2) is 65.7 Å². The van der Waals surface area contributed by atoms with E-state index in [-0.39, 0.29) is 5.37 Å². The van der Waals surface area contributed by atoms with E-state index in [9.17, 15) is 4.79 Å². The second kappa shape index (κ2) is 5.66. The lowest BCUT2D eigenvalue weighted by molar-refractivity contribution is 0.100. The zero-order chi connectivity index (χ0) is 14.8. The molecule has 4 heteroatoms. The van der Waals surface area contributed by atoms with E-state index >= 15 is 0 Å². The van der Waals surface area contributed by atoms with E-state index in [1.54, 1.807) is 17.8 Å². The number of primary amides is 1. The predicted molar refractivity (Wildman–Crippen MR) is 88.0 cm³/mol. The molecule has 2 N–H and O–H groups in total. The molecule has 0 fully saturated rings. The maximum atomic E-state index is 11.7. The first kappa shape index (κ1) is 13.8. The standard InChI is InChI=1S/C17H16N2OS/c1-12-11-21-17(13-7-3-2-4-8-13)19(12)15-10-6-5-9-14(15)16(18)20/h2-11,17H,1H3,(H2,18,20). The predicted octanol–water partition coefficient (Wildman–Crippen LogP) is 3.90. The first-order valence-electron chi connectivity index (χ1n) is 6.74. The van der Waals surface area contributed by atoms with Gasteiger partial charge in [0.1, 0.15) is 5.37 Å². The minimum atomic E-state index is -0.401. The molecular formula is C17H16N2OS.